The molecule has 1 aromatic heterocycles. The van der Waals surface area contributed by atoms with Gasteiger partial charge in [-0.15, -0.1) is 0 Å². The lowest BCUT2D eigenvalue weighted by Crippen LogP contribution is -2.13. The van der Waals surface area contributed by atoms with Crippen molar-refractivity contribution in [3.8, 4) is 28.6 Å². The molecule has 0 fully saturated rings. The quantitative estimate of drug-likeness (QED) is 0.456. The van der Waals surface area contributed by atoms with Crippen LogP contribution in [0.3, 0.4) is 0 Å². The monoisotopic (exact) mass is 424 g/mol. The molecule has 0 atom stereocenters. The minimum absolute atomic E-state index is 0.643. The molecule has 0 saturated heterocycles. The van der Waals surface area contributed by atoms with Gasteiger partial charge in [0.1, 0.15) is 11.6 Å². The van der Waals surface area contributed by atoms with Crippen molar-refractivity contribution in [2.75, 3.05) is 53.8 Å². The van der Waals surface area contributed by atoms with Crippen LogP contribution in [0.1, 0.15) is 19.3 Å². The number of fused-ring (bicyclic) bond motifs is 1. The molecule has 0 spiro atoms. The zero-order chi connectivity index (χ0) is 22.2. The normalized spacial score (nSPS) is 11.0. The van der Waals surface area contributed by atoms with Gasteiger partial charge in [-0.05, 0) is 63.8 Å². The second-order valence-electron chi connectivity index (χ2n) is 7.64. The van der Waals surface area contributed by atoms with Crippen LogP contribution in [0.5, 0.6) is 17.2 Å². The van der Waals surface area contributed by atoms with Gasteiger partial charge < -0.3 is 24.4 Å². The van der Waals surface area contributed by atoms with E-state index >= 15 is 0 Å². The standard InChI is InChI=1S/C24H32N4O3/c1-28(2)14-8-6-7-13-25-24-19-15-21(30-4)22(31-5)16-20(19)26-23(27-24)17-9-11-18(29-3)12-10-17/h9-12,15-16H,6-8,13-14H2,1-5H3,(H,25,26,27). The number of nitrogens with zero attached hydrogens (tertiary/aromatic N) is 3. The summed E-state index contributed by atoms with van der Waals surface area (Å²) in [5, 5.41) is 4.42. The van der Waals surface area contributed by atoms with Crippen molar-refractivity contribution in [2.24, 2.45) is 0 Å². The van der Waals surface area contributed by atoms with Gasteiger partial charge in [-0.3, -0.25) is 0 Å². The predicted octanol–water partition coefficient (Wildman–Crippen LogP) is 4.47. The Bertz CT molecular complexity index is 990. The molecule has 0 amide bonds. The van der Waals surface area contributed by atoms with Crippen LogP contribution in [0.2, 0.25) is 0 Å². The second-order valence-corrected chi connectivity index (χ2v) is 7.64. The molecule has 0 aliphatic heterocycles. The van der Waals surface area contributed by atoms with E-state index in [0.29, 0.717) is 17.3 Å². The number of anilines is 1. The van der Waals surface area contributed by atoms with E-state index < -0.39 is 0 Å². The molecule has 0 radical (unpaired) electrons. The number of hydrogen-bond donors (Lipinski definition) is 1. The Morgan fingerprint density at radius 2 is 1.55 bits per heavy atom. The maximum absolute atomic E-state index is 5.49. The molecular weight excluding hydrogens is 392 g/mol. The number of methoxy groups -OCH3 is 3. The Balaban J connectivity index is 1.91. The number of ether oxygens (including phenoxy) is 3. The molecule has 2 aromatic carbocycles. The van der Waals surface area contributed by atoms with Crippen molar-refractivity contribution in [3.05, 3.63) is 36.4 Å². The first-order valence-corrected chi connectivity index (χ1v) is 10.5. The van der Waals surface area contributed by atoms with Gasteiger partial charge in [0.05, 0.1) is 26.8 Å². The van der Waals surface area contributed by atoms with Crippen molar-refractivity contribution >= 4 is 16.7 Å². The van der Waals surface area contributed by atoms with Crippen molar-refractivity contribution in [1.82, 2.24) is 14.9 Å². The predicted molar refractivity (Wildman–Crippen MR) is 126 cm³/mol. The van der Waals surface area contributed by atoms with Gasteiger partial charge in [-0.25, -0.2) is 9.97 Å². The highest BCUT2D eigenvalue weighted by Gasteiger charge is 2.14. The summed E-state index contributed by atoms with van der Waals surface area (Å²) >= 11 is 0. The first-order valence-electron chi connectivity index (χ1n) is 10.5. The molecule has 0 bridgehead atoms. The highest BCUT2D eigenvalue weighted by molar-refractivity contribution is 5.93. The summed E-state index contributed by atoms with van der Waals surface area (Å²) in [7, 11) is 9.12. The fourth-order valence-corrected chi connectivity index (χ4v) is 3.40. The second kappa shape index (κ2) is 10.8. The van der Waals surface area contributed by atoms with Gasteiger partial charge in [-0.1, -0.05) is 6.42 Å². The number of hydrogen-bond acceptors (Lipinski definition) is 7. The Hall–Kier alpha value is -3.06. The number of unbranched alkanes of at least 4 members (excludes halogenated alkanes) is 2. The molecule has 3 rings (SSSR count). The van der Waals surface area contributed by atoms with Crippen LogP contribution in [0.15, 0.2) is 36.4 Å². The molecule has 7 heteroatoms. The summed E-state index contributed by atoms with van der Waals surface area (Å²) < 4.78 is 16.2. The van der Waals surface area contributed by atoms with Crippen LogP contribution >= 0.6 is 0 Å². The summed E-state index contributed by atoms with van der Waals surface area (Å²) in [6.45, 7) is 1.95. The van der Waals surface area contributed by atoms with E-state index in [0.717, 1.165) is 54.0 Å². The summed E-state index contributed by atoms with van der Waals surface area (Å²) in [6.07, 6.45) is 3.42. The molecule has 0 aliphatic rings. The lowest BCUT2D eigenvalue weighted by molar-refractivity contribution is 0.356. The molecule has 0 unspecified atom stereocenters. The van der Waals surface area contributed by atoms with Crippen LogP contribution < -0.4 is 19.5 Å². The van der Waals surface area contributed by atoms with Crippen LogP contribution in [-0.2, 0) is 0 Å². The van der Waals surface area contributed by atoms with E-state index in [1.54, 1.807) is 21.3 Å². The molecular formula is C24H32N4O3. The molecule has 0 aliphatic carbocycles. The molecule has 3 aromatic rings. The molecule has 31 heavy (non-hydrogen) atoms. The van der Waals surface area contributed by atoms with Crippen molar-refractivity contribution in [2.45, 2.75) is 19.3 Å². The maximum Gasteiger partial charge on any atom is 0.162 e. The van der Waals surface area contributed by atoms with Crippen LogP contribution in [0.25, 0.3) is 22.3 Å². The van der Waals surface area contributed by atoms with Crippen molar-refractivity contribution in [1.29, 1.82) is 0 Å². The largest absolute Gasteiger partial charge is 0.497 e. The van der Waals surface area contributed by atoms with Gasteiger partial charge in [-0.2, -0.15) is 0 Å². The zero-order valence-electron chi connectivity index (χ0n) is 19.1. The van der Waals surface area contributed by atoms with E-state index in [4.69, 9.17) is 24.2 Å². The molecule has 166 valence electrons. The van der Waals surface area contributed by atoms with E-state index in [-0.39, 0.29) is 0 Å². The lowest BCUT2D eigenvalue weighted by atomic mass is 10.1. The molecule has 7 nitrogen and oxygen atoms in total. The van der Waals surface area contributed by atoms with Gasteiger partial charge in [0.2, 0.25) is 0 Å². The number of benzene rings is 2. The summed E-state index contributed by atoms with van der Waals surface area (Å²) in [5.41, 5.74) is 1.72. The number of rotatable bonds is 11. The summed E-state index contributed by atoms with van der Waals surface area (Å²) in [6, 6.07) is 11.6. The average Bonchev–Trinajstić information content (AvgIpc) is 2.79. The average molecular weight is 425 g/mol. The highest BCUT2D eigenvalue weighted by Crippen LogP contribution is 2.35. The van der Waals surface area contributed by atoms with E-state index in [2.05, 4.69) is 24.3 Å². The first-order chi connectivity index (χ1) is 15.0. The fourth-order valence-electron chi connectivity index (χ4n) is 3.40. The van der Waals surface area contributed by atoms with Gasteiger partial charge in [0, 0.05) is 23.6 Å². The molecule has 1 heterocycles. The van der Waals surface area contributed by atoms with Crippen LogP contribution in [-0.4, -0.2) is 63.4 Å². The Kier molecular flexibility index (Phi) is 7.89. The minimum atomic E-state index is 0.643. The minimum Gasteiger partial charge on any atom is -0.497 e. The molecule has 0 saturated carbocycles. The smallest absolute Gasteiger partial charge is 0.162 e. The third kappa shape index (κ3) is 5.76. The number of nitrogens with one attached hydrogen (secondary N) is 1. The number of aromatic nitrogens is 2. The lowest BCUT2D eigenvalue weighted by Gasteiger charge is -2.14. The van der Waals surface area contributed by atoms with Crippen LogP contribution in [0, 0.1) is 0 Å². The Morgan fingerprint density at radius 1 is 0.839 bits per heavy atom. The van der Waals surface area contributed by atoms with E-state index in [1.165, 1.54) is 6.42 Å². The maximum atomic E-state index is 5.49. The zero-order valence-corrected chi connectivity index (χ0v) is 19.1. The third-order valence-corrected chi connectivity index (χ3v) is 5.12. The topological polar surface area (TPSA) is 68.7 Å². The third-order valence-electron chi connectivity index (χ3n) is 5.12. The Morgan fingerprint density at radius 3 is 2.19 bits per heavy atom. The van der Waals surface area contributed by atoms with Gasteiger partial charge in [0.15, 0.2) is 17.3 Å². The van der Waals surface area contributed by atoms with Crippen LogP contribution in [0.4, 0.5) is 5.82 Å². The summed E-state index contributed by atoms with van der Waals surface area (Å²) in [4.78, 5) is 11.8. The van der Waals surface area contributed by atoms with Gasteiger partial charge in [0.25, 0.3) is 0 Å². The van der Waals surface area contributed by atoms with Crippen molar-refractivity contribution in [3.63, 3.8) is 0 Å². The Labute approximate surface area is 184 Å². The van der Waals surface area contributed by atoms with Crippen molar-refractivity contribution < 1.29 is 14.2 Å². The first kappa shape index (κ1) is 22.6. The van der Waals surface area contributed by atoms with E-state index in [9.17, 15) is 0 Å². The SMILES string of the molecule is COc1ccc(-c2nc(NCCCCCN(C)C)c3cc(OC)c(OC)cc3n2)cc1. The van der Waals surface area contributed by atoms with Gasteiger partial charge >= 0.3 is 0 Å². The molecule has 1 N–H and O–H groups in total. The fraction of sp³-hybridized carbons (Fsp3) is 0.417. The summed E-state index contributed by atoms with van der Waals surface area (Å²) in [5.74, 6) is 3.54. The highest BCUT2D eigenvalue weighted by atomic mass is 16.5. The van der Waals surface area contributed by atoms with E-state index in [1.807, 2.05) is 36.4 Å².